The molecule has 214 valence electrons. The molecule has 0 bridgehead atoms. The van der Waals surface area contributed by atoms with Gasteiger partial charge in [0.25, 0.3) is 10.0 Å². The van der Waals surface area contributed by atoms with Gasteiger partial charge in [-0.05, 0) is 81.3 Å². The highest BCUT2D eigenvalue weighted by Gasteiger charge is 2.33. The van der Waals surface area contributed by atoms with Crippen molar-refractivity contribution in [3.05, 3.63) is 90.2 Å². The molecule has 3 aromatic carbocycles. The Morgan fingerprint density at radius 2 is 1.55 bits per heavy atom. The normalized spacial score (nSPS) is 12.1. The lowest BCUT2D eigenvalue weighted by Crippen LogP contribution is -2.53. The highest BCUT2D eigenvalue weighted by molar-refractivity contribution is 7.92. The van der Waals surface area contributed by atoms with Gasteiger partial charge in [0.15, 0.2) is 0 Å². The van der Waals surface area contributed by atoms with Crippen molar-refractivity contribution in [3.63, 3.8) is 0 Å². The number of amides is 2. The summed E-state index contributed by atoms with van der Waals surface area (Å²) in [4.78, 5) is 28.4. The van der Waals surface area contributed by atoms with Crippen molar-refractivity contribution in [2.45, 2.75) is 57.6 Å². The van der Waals surface area contributed by atoms with Crippen molar-refractivity contribution < 1.29 is 27.1 Å². The number of rotatable bonds is 13. The molecule has 3 aromatic rings. The maximum absolute atomic E-state index is 14.0. The zero-order chi connectivity index (χ0) is 29.3. The minimum atomic E-state index is -4.18. The number of halogens is 1. The standard InChI is InChI=1S/C30H36FN3O5S/c1-5-28(30(36)32-22(3)4)33(20-23-12-14-24(31)15-13-23)29(35)21-34(25-10-8-7-9-11-25)40(37,38)27-18-16-26(17-19-27)39-6-2/h7-19,22,28H,5-6,20-21H2,1-4H3,(H,32,36)/t28-/m1/s1. The molecule has 0 heterocycles. The van der Waals surface area contributed by atoms with Crippen LogP contribution in [0, 0.1) is 5.82 Å². The molecule has 1 atom stereocenters. The zero-order valence-electron chi connectivity index (χ0n) is 23.2. The molecule has 0 aromatic heterocycles. The number of hydrogen-bond acceptors (Lipinski definition) is 5. The first-order chi connectivity index (χ1) is 19.1. The van der Waals surface area contributed by atoms with Crippen molar-refractivity contribution in [1.29, 1.82) is 0 Å². The smallest absolute Gasteiger partial charge is 0.264 e. The number of anilines is 1. The Labute approximate surface area is 235 Å². The summed E-state index contributed by atoms with van der Waals surface area (Å²) < 4.78 is 47.8. The number of ether oxygens (including phenoxy) is 1. The first-order valence-corrected chi connectivity index (χ1v) is 14.7. The summed E-state index contributed by atoms with van der Waals surface area (Å²) in [5, 5.41) is 2.84. The number of carbonyl (C=O) groups is 2. The molecule has 3 rings (SSSR count). The van der Waals surface area contributed by atoms with Crippen LogP contribution in [0.5, 0.6) is 5.75 Å². The molecule has 0 unspecified atom stereocenters. The molecule has 0 spiro atoms. The summed E-state index contributed by atoms with van der Waals surface area (Å²) in [6.45, 7) is 7.12. The first kappa shape index (κ1) is 30.6. The maximum atomic E-state index is 14.0. The lowest BCUT2D eigenvalue weighted by molar-refractivity contribution is -0.140. The van der Waals surface area contributed by atoms with Crippen LogP contribution in [0.1, 0.15) is 39.7 Å². The van der Waals surface area contributed by atoms with Gasteiger partial charge >= 0.3 is 0 Å². The van der Waals surface area contributed by atoms with E-state index in [9.17, 15) is 22.4 Å². The van der Waals surface area contributed by atoms with E-state index in [0.29, 0.717) is 30.0 Å². The molecule has 10 heteroatoms. The molecule has 0 radical (unpaired) electrons. The van der Waals surface area contributed by atoms with E-state index >= 15 is 0 Å². The van der Waals surface area contributed by atoms with Crippen LogP contribution in [0.2, 0.25) is 0 Å². The highest BCUT2D eigenvalue weighted by Crippen LogP contribution is 2.26. The zero-order valence-corrected chi connectivity index (χ0v) is 24.0. The third-order valence-electron chi connectivity index (χ3n) is 6.13. The Bertz CT molecular complexity index is 1360. The van der Waals surface area contributed by atoms with Gasteiger partial charge in [0, 0.05) is 12.6 Å². The SMILES string of the molecule is CCOc1ccc(S(=O)(=O)N(CC(=O)N(Cc2ccc(F)cc2)[C@H](CC)C(=O)NC(C)C)c2ccccc2)cc1. The van der Waals surface area contributed by atoms with Crippen LogP contribution < -0.4 is 14.4 Å². The van der Waals surface area contributed by atoms with Gasteiger partial charge < -0.3 is 15.0 Å². The third-order valence-corrected chi connectivity index (χ3v) is 7.92. The van der Waals surface area contributed by atoms with Crippen LogP contribution in [-0.4, -0.2) is 50.4 Å². The molecule has 1 N–H and O–H groups in total. The fourth-order valence-corrected chi connectivity index (χ4v) is 5.63. The first-order valence-electron chi connectivity index (χ1n) is 13.2. The molecule has 0 saturated heterocycles. The largest absolute Gasteiger partial charge is 0.494 e. The van der Waals surface area contributed by atoms with Gasteiger partial charge in [0.1, 0.15) is 24.2 Å². The van der Waals surface area contributed by atoms with Gasteiger partial charge in [-0.15, -0.1) is 0 Å². The Kier molecular flexibility index (Phi) is 10.7. The van der Waals surface area contributed by atoms with E-state index in [1.54, 1.807) is 49.4 Å². The molecule has 0 aliphatic carbocycles. The van der Waals surface area contributed by atoms with E-state index in [-0.39, 0.29) is 23.4 Å². The number of hydrogen-bond donors (Lipinski definition) is 1. The van der Waals surface area contributed by atoms with Crippen LogP contribution in [-0.2, 0) is 26.2 Å². The molecule has 0 aliphatic rings. The second kappa shape index (κ2) is 13.9. The lowest BCUT2D eigenvalue weighted by atomic mass is 10.1. The molecule has 8 nitrogen and oxygen atoms in total. The van der Waals surface area contributed by atoms with Crippen molar-refractivity contribution in [1.82, 2.24) is 10.2 Å². The molecule has 0 saturated carbocycles. The van der Waals surface area contributed by atoms with Gasteiger partial charge in [-0.3, -0.25) is 13.9 Å². The number of carbonyl (C=O) groups excluding carboxylic acids is 2. The van der Waals surface area contributed by atoms with Crippen molar-refractivity contribution in [2.24, 2.45) is 0 Å². The molecule has 0 fully saturated rings. The van der Waals surface area contributed by atoms with Crippen LogP contribution in [0.15, 0.2) is 83.8 Å². The van der Waals surface area contributed by atoms with Crippen LogP contribution in [0.3, 0.4) is 0 Å². The number of para-hydroxylation sites is 1. The third kappa shape index (κ3) is 7.81. The summed E-state index contributed by atoms with van der Waals surface area (Å²) in [5.41, 5.74) is 0.900. The topological polar surface area (TPSA) is 96.0 Å². The summed E-state index contributed by atoms with van der Waals surface area (Å²) >= 11 is 0. The van der Waals surface area contributed by atoms with E-state index < -0.39 is 34.3 Å². The Morgan fingerprint density at radius 1 is 0.925 bits per heavy atom. The van der Waals surface area contributed by atoms with E-state index in [4.69, 9.17) is 4.74 Å². The van der Waals surface area contributed by atoms with Crippen molar-refractivity contribution in [3.8, 4) is 5.75 Å². The van der Waals surface area contributed by atoms with Crippen LogP contribution >= 0.6 is 0 Å². The maximum Gasteiger partial charge on any atom is 0.264 e. The van der Waals surface area contributed by atoms with Crippen molar-refractivity contribution in [2.75, 3.05) is 17.5 Å². The van der Waals surface area contributed by atoms with Crippen LogP contribution in [0.4, 0.5) is 10.1 Å². The highest BCUT2D eigenvalue weighted by atomic mass is 32.2. The summed E-state index contributed by atoms with van der Waals surface area (Å²) in [6.07, 6.45) is 0.294. The average Bonchev–Trinajstić information content (AvgIpc) is 2.93. The second-order valence-electron chi connectivity index (χ2n) is 9.49. The average molecular weight is 570 g/mol. The van der Waals surface area contributed by atoms with Gasteiger partial charge in [-0.1, -0.05) is 37.3 Å². The molecule has 0 aliphatic heterocycles. The predicted molar refractivity (Wildman–Crippen MR) is 153 cm³/mol. The number of nitrogens with zero attached hydrogens (tertiary/aromatic N) is 2. The minimum Gasteiger partial charge on any atom is -0.494 e. The fraction of sp³-hybridized carbons (Fsp3) is 0.333. The monoisotopic (exact) mass is 569 g/mol. The number of benzene rings is 3. The van der Waals surface area contributed by atoms with E-state index in [1.165, 1.54) is 41.3 Å². The summed E-state index contributed by atoms with van der Waals surface area (Å²) in [6, 6.07) is 18.9. The van der Waals surface area contributed by atoms with Gasteiger partial charge in [-0.2, -0.15) is 0 Å². The fourth-order valence-electron chi connectivity index (χ4n) is 4.21. The summed E-state index contributed by atoms with van der Waals surface area (Å²) in [5.74, 6) is -0.832. The minimum absolute atomic E-state index is 0.00509. The molecule has 40 heavy (non-hydrogen) atoms. The Hall–Kier alpha value is -3.92. The van der Waals surface area contributed by atoms with E-state index in [0.717, 1.165) is 4.31 Å². The Morgan fingerprint density at radius 3 is 2.10 bits per heavy atom. The number of nitrogens with one attached hydrogen (secondary N) is 1. The predicted octanol–water partition coefficient (Wildman–Crippen LogP) is 4.75. The van der Waals surface area contributed by atoms with Gasteiger partial charge in [-0.25, -0.2) is 12.8 Å². The van der Waals surface area contributed by atoms with E-state index in [2.05, 4.69) is 5.32 Å². The Balaban J connectivity index is 2.02. The number of sulfonamides is 1. The molecule has 2 amide bonds. The quantitative estimate of drug-likeness (QED) is 0.321. The molecular weight excluding hydrogens is 533 g/mol. The van der Waals surface area contributed by atoms with Gasteiger partial charge in [0.05, 0.1) is 17.2 Å². The van der Waals surface area contributed by atoms with E-state index in [1.807, 2.05) is 20.8 Å². The second-order valence-corrected chi connectivity index (χ2v) is 11.3. The van der Waals surface area contributed by atoms with Crippen molar-refractivity contribution >= 4 is 27.5 Å². The lowest BCUT2D eigenvalue weighted by Gasteiger charge is -2.33. The van der Waals surface area contributed by atoms with Gasteiger partial charge in [0.2, 0.25) is 11.8 Å². The molecular formula is C30H36FN3O5S. The summed E-state index contributed by atoms with van der Waals surface area (Å²) in [7, 11) is -4.18. The van der Waals surface area contributed by atoms with Crippen LogP contribution in [0.25, 0.3) is 0 Å².